The number of carbonyl (C=O) groups is 1. The second-order valence-corrected chi connectivity index (χ2v) is 7.94. The summed E-state index contributed by atoms with van der Waals surface area (Å²) < 4.78 is 25.0. The zero-order valence-corrected chi connectivity index (χ0v) is 13.5. The van der Waals surface area contributed by atoms with E-state index in [0.29, 0.717) is 10.2 Å². The van der Waals surface area contributed by atoms with Crippen molar-refractivity contribution in [3.63, 3.8) is 0 Å². The molecule has 0 bridgehead atoms. The summed E-state index contributed by atoms with van der Waals surface area (Å²) in [6.45, 7) is 1.79. The van der Waals surface area contributed by atoms with Crippen molar-refractivity contribution in [1.82, 2.24) is 4.98 Å². The molecule has 0 saturated heterocycles. The molecule has 8 heteroatoms. The Morgan fingerprint density at radius 2 is 2.15 bits per heavy atom. The molecule has 0 fully saturated rings. The van der Waals surface area contributed by atoms with Crippen molar-refractivity contribution < 1.29 is 18.3 Å². The quantitative estimate of drug-likeness (QED) is 0.887. The van der Waals surface area contributed by atoms with E-state index in [9.17, 15) is 13.2 Å². The summed E-state index contributed by atoms with van der Waals surface area (Å²) in [5, 5.41) is 11.4. The van der Waals surface area contributed by atoms with Crippen LogP contribution in [0.5, 0.6) is 0 Å². The third kappa shape index (κ3) is 3.25. The van der Waals surface area contributed by atoms with Crippen LogP contribution in [0.1, 0.15) is 21.1 Å². The van der Waals surface area contributed by atoms with Gasteiger partial charge in [-0.25, -0.2) is 18.2 Å². The van der Waals surface area contributed by atoms with Gasteiger partial charge < -0.3 is 5.11 Å². The van der Waals surface area contributed by atoms with Crippen LogP contribution in [0.25, 0.3) is 0 Å². The molecule has 0 aliphatic rings. The number of aromatic nitrogens is 1. The van der Waals surface area contributed by atoms with Crippen molar-refractivity contribution in [1.29, 1.82) is 0 Å². The fourth-order valence-corrected chi connectivity index (χ4v) is 4.69. The van der Waals surface area contributed by atoms with Gasteiger partial charge in [-0.3, -0.25) is 0 Å². The van der Waals surface area contributed by atoms with E-state index in [1.54, 1.807) is 12.3 Å². The number of carboxylic acids is 1. The minimum absolute atomic E-state index is 0.0388. The van der Waals surface area contributed by atoms with Gasteiger partial charge in [-0.05, 0) is 41.1 Å². The number of hydrogen-bond donors (Lipinski definition) is 1. The van der Waals surface area contributed by atoms with Crippen LogP contribution in [0.15, 0.2) is 32.9 Å². The largest absolute Gasteiger partial charge is 0.478 e. The molecule has 0 aliphatic carbocycles. The van der Waals surface area contributed by atoms with Crippen molar-refractivity contribution >= 4 is 43.1 Å². The first kappa shape index (κ1) is 15.1. The van der Waals surface area contributed by atoms with Crippen LogP contribution >= 0.6 is 27.3 Å². The normalized spacial score (nSPS) is 11.5. The minimum atomic E-state index is -3.65. The maximum absolute atomic E-state index is 12.3. The van der Waals surface area contributed by atoms with Gasteiger partial charge in [0.15, 0.2) is 9.84 Å². The van der Waals surface area contributed by atoms with Gasteiger partial charge in [0, 0.05) is 9.85 Å². The maximum Gasteiger partial charge on any atom is 0.335 e. The average molecular weight is 376 g/mol. The smallest absolute Gasteiger partial charge is 0.335 e. The van der Waals surface area contributed by atoms with Gasteiger partial charge in [-0.2, -0.15) is 0 Å². The molecule has 0 unspecified atom stereocenters. The zero-order chi connectivity index (χ0) is 14.9. The van der Waals surface area contributed by atoms with Gasteiger partial charge >= 0.3 is 5.97 Å². The number of benzene rings is 1. The van der Waals surface area contributed by atoms with E-state index in [4.69, 9.17) is 5.11 Å². The molecule has 0 spiro atoms. The number of nitrogens with zero attached hydrogens (tertiary/aromatic N) is 1. The Bertz CT molecular complexity index is 768. The molecule has 0 aliphatic heterocycles. The van der Waals surface area contributed by atoms with E-state index >= 15 is 0 Å². The van der Waals surface area contributed by atoms with E-state index < -0.39 is 15.8 Å². The summed E-state index contributed by atoms with van der Waals surface area (Å²) in [4.78, 5) is 15.0. The summed E-state index contributed by atoms with van der Waals surface area (Å²) >= 11 is 4.52. The average Bonchev–Trinajstić information content (AvgIpc) is 2.73. The molecule has 106 valence electrons. The Hall–Kier alpha value is -1.25. The Labute approximate surface area is 128 Å². The van der Waals surface area contributed by atoms with Gasteiger partial charge in [0.25, 0.3) is 0 Å². The highest BCUT2D eigenvalue weighted by Crippen LogP contribution is 2.26. The summed E-state index contributed by atoms with van der Waals surface area (Å²) in [7, 11) is -3.65. The third-order valence-electron chi connectivity index (χ3n) is 2.52. The van der Waals surface area contributed by atoms with Crippen molar-refractivity contribution in [2.24, 2.45) is 0 Å². The van der Waals surface area contributed by atoms with Gasteiger partial charge in [-0.15, -0.1) is 11.3 Å². The van der Waals surface area contributed by atoms with Crippen molar-refractivity contribution in [3.05, 3.63) is 44.3 Å². The van der Waals surface area contributed by atoms with Crippen LogP contribution in [0.2, 0.25) is 0 Å². The lowest BCUT2D eigenvalue weighted by Gasteiger charge is -2.06. The van der Waals surface area contributed by atoms with Gasteiger partial charge in [0.1, 0.15) is 0 Å². The topological polar surface area (TPSA) is 84.3 Å². The third-order valence-corrected chi connectivity index (χ3v) is 5.98. The molecule has 20 heavy (non-hydrogen) atoms. The summed E-state index contributed by atoms with van der Waals surface area (Å²) in [5.74, 6) is -1.42. The van der Waals surface area contributed by atoms with Crippen molar-refractivity contribution in [3.8, 4) is 0 Å². The summed E-state index contributed by atoms with van der Waals surface area (Å²) in [5.41, 5.74) is 0.390. The Balaban J connectivity index is 2.43. The Morgan fingerprint density at radius 3 is 2.70 bits per heavy atom. The minimum Gasteiger partial charge on any atom is -0.478 e. The standard InChI is InChI=1S/C12H10BrNO4S2/c1-7-14-9(5-19-7)6-20(17,18)11-4-8(12(15)16)2-3-10(11)13/h2-5H,6H2,1H3,(H,15,16). The SMILES string of the molecule is Cc1nc(CS(=O)(=O)c2cc(C(=O)O)ccc2Br)cs1. The van der Waals surface area contributed by atoms with Crippen LogP contribution in [0, 0.1) is 6.92 Å². The number of aromatic carboxylic acids is 1. The van der Waals surface area contributed by atoms with Gasteiger partial charge in [0.05, 0.1) is 26.9 Å². The summed E-state index contributed by atoms with van der Waals surface area (Å²) in [6.07, 6.45) is 0. The van der Waals surface area contributed by atoms with Crippen molar-refractivity contribution in [2.45, 2.75) is 17.6 Å². The zero-order valence-electron chi connectivity index (χ0n) is 10.3. The molecule has 5 nitrogen and oxygen atoms in total. The van der Waals surface area contributed by atoms with E-state index in [-0.39, 0.29) is 16.2 Å². The molecule has 1 N–H and O–H groups in total. The summed E-state index contributed by atoms with van der Waals surface area (Å²) in [6, 6.07) is 3.92. The van der Waals surface area contributed by atoms with E-state index in [2.05, 4.69) is 20.9 Å². The Morgan fingerprint density at radius 1 is 1.45 bits per heavy atom. The fraction of sp³-hybridized carbons (Fsp3) is 0.167. The molecule has 2 aromatic rings. The second kappa shape index (κ2) is 5.63. The van der Waals surface area contributed by atoms with Crippen molar-refractivity contribution in [2.75, 3.05) is 0 Å². The second-order valence-electron chi connectivity index (χ2n) is 4.07. The first-order chi connectivity index (χ1) is 9.29. The van der Waals surface area contributed by atoms with E-state index in [1.165, 1.54) is 23.5 Å². The molecule has 1 aromatic heterocycles. The molecular formula is C12H10BrNO4S2. The number of thiazole rings is 1. The lowest BCUT2D eigenvalue weighted by Crippen LogP contribution is -2.08. The van der Waals surface area contributed by atoms with Crippen LogP contribution in [0.3, 0.4) is 0 Å². The number of hydrogen-bond acceptors (Lipinski definition) is 5. The van der Waals surface area contributed by atoms with E-state index in [0.717, 1.165) is 11.1 Å². The molecular weight excluding hydrogens is 366 g/mol. The maximum atomic E-state index is 12.3. The lowest BCUT2D eigenvalue weighted by molar-refractivity contribution is 0.0696. The van der Waals surface area contributed by atoms with E-state index in [1.807, 2.05) is 0 Å². The molecule has 1 heterocycles. The number of rotatable bonds is 4. The molecule has 0 amide bonds. The first-order valence-electron chi connectivity index (χ1n) is 5.46. The van der Waals surface area contributed by atoms with Gasteiger partial charge in [0.2, 0.25) is 0 Å². The number of carboxylic acid groups (broad SMARTS) is 1. The lowest BCUT2D eigenvalue weighted by atomic mass is 10.2. The highest BCUT2D eigenvalue weighted by atomic mass is 79.9. The monoisotopic (exact) mass is 375 g/mol. The number of sulfone groups is 1. The molecule has 0 saturated carbocycles. The van der Waals surface area contributed by atoms with Crippen LogP contribution in [-0.4, -0.2) is 24.5 Å². The van der Waals surface area contributed by atoms with Crippen LogP contribution < -0.4 is 0 Å². The highest BCUT2D eigenvalue weighted by molar-refractivity contribution is 9.10. The fourth-order valence-electron chi connectivity index (χ4n) is 1.62. The first-order valence-corrected chi connectivity index (χ1v) is 8.79. The molecule has 1 aromatic carbocycles. The number of halogens is 1. The Kier molecular flexibility index (Phi) is 4.26. The molecule has 0 radical (unpaired) electrons. The highest BCUT2D eigenvalue weighted by Gasteiger charge is 2.21. The predicted octanol–water partition coefficient (Wildman–Crippen LogP) is 2.89. The van der Waals surface area contributed by atoms with Crippen LogP contribution in [0.4, 0.5) is 0 Å². The molecule has 0 atom stereocenters. The molecule has 2 rings (SSSR count). The predicted molar refractivity (Wildman–Crippen MR) is 78.8 cm³/mol. The van der Waals surface area contributed by atoms with Gasteiger partial charge in [-0.1, -0.05) is 0 Å². The van der Waals surface area contributed by atoms with Crippen LogP contribution in [-0.2, 0) is 15.6 Å². The number of aryl methyl sites for hydroxylation is 1.